The molecule has 0 atom stereocenters. The first-order valence-corrected chi connectivity index (χ1v) is 23.5. The van der Waals surface area contributed by atoms with Crippen LogP contribution in [0.3, 0.4) is 0 Å². The number of nitrogens with zero attached hydrogens (tertiary/aromatic N) is 5. The second-order valence-corrected chi connectivity index (χ2v) is 22.4. The number of hydrogen-bond acceptors (Lipinski definition) is 6. The van der Waals surface area contributed by atoms with Crippen LogP contribution in [-0.4, -0.2) is 37.1 Å². The fourth-order valence-corrected chi connectivity index (χ4v) is 9.61. The summed E-state index contributed by atoms with van der Waals surface area (Å²) >= 11 is 0. The fourth-order valence-electron chi connectivity index (χ4n) is 9.61. The molecule has 0 aliphatic carbocycles. The number of pyridine rings is 1. The number of imidazole rings is 1. The molecule has 8 heteroatoms. The maximum absolute atomic E-state index is 12.7. The summed E-state index contributed by atoms with van der Waals surface area (Å²) in [4.78, 5) is 18.4. The lowest BCUT2D eigenvalue weighted by Gasteiger charge is -2.41. The molecule has 1 N–H and O–H groups in total. The van der Waals surface area contributed by atoms with E-state index in [9.17, 15) is 5.11 Å². The first-order valence-electron chi connectivity index (χ1n) is 23.5. The predicted octanol–water partition coefficient (Wildman–Crippen LogP) is 13.1. The van der Waals surface area contributed by atoms with E-state index in [-0.39, 0.29) is 27.4 Å². The van der Waals surface area contributed by atoms with Crippen molar-refractivity contribution in [3.05, 3.63) is 168 Å². The van der Waals surface area contributed by atoms with E-state index in [0.717, 1.165) is 78.5 Å². The minimum atomic E-state index is -0.440. The van der Waals surface area contributed by atoms with Crippen LogP contribution in [0.4, 0.5) is 5.69 Å². The molecule has 0 fully saturated rings. The van der Waals surface area contributed by atoms with Gasteiger partial charge in [-0.25, -0.2) is 9.98 Å². The van der Waals surface area contributed by atoms with E-state index in [4.69, 9.17) is 19.7 Å². The van der Waals surface area contributed by atoms with Gasteiger partial charge in [-0.15, -0.1) is 0 Å². The topological polar surface area (TPSA) is 75.8 Å². The minimum absolute atomic E-state index is 0.115. The normalized spacial score (nSPS) is 14.5. The first-order chi connectivity index (χ1) is 31.7. The van der Waals surface area contributed by atoms with E-state index < -0.39 is 6.85 Å². The number of rotatable bonds is 5. The summed E-state index contributed by atoms with van der Waals surface area (Å²) in [6.07, 6.45) is 8.00. The van der Waals surface area contributed by atoms with Gasteiger partial charge in [0.2, 0.25) is 5.88 Å². The number of phenolic OH excluding ortho intramolecular Hbond substituents is 1. The van der Waals surface area contributed by atoms with Crippen LogP contribution >= 0.6 is 0 Å². The standard InChI is InChI=1S/C59H60BN5O2/c1-56(2,3)40-26-27-48(42(33-40)37-22-17-14-18-23-37)64-54(43-34-41(57(4,5)6)35-45(52(43)66)59(10,11)12)63-53-55(64)67-50-25-19-24-49-62-51-44(58(7,8)9)30-39(31-46(51)60(53)65(49)50)47-32-38(28-29-61-47)36-20-15-13-16-21-36/h13-35,66H,1-12H3. The van der Waals surface area contributed by atoms with Crippen molar-refractivity contribution in [2.45, 2.75) is 105 Å². The molecule has 5 heterocycles. The zero-order valence-electron chi connectivity index (χ0n) is 40.9. The van der Waals surface area contributed by atoms with E-state index in [1.165, 1.54) is 5.56 Å². The average Bonchev–Trinajstić information content (AvgIpc) is 3.66. The van der Waals surface area contributed by atoms with Crippen molar-refractivity contribution >= 4 is 29.4 Å². The quantitative estimate of drug-likeness (QED) is 0.174. The summed E-state index contributed by atoms with van der Waals surface area (Å²) in [5.74, 6) is 2.84. The van der Waals surface area contributed by atoms with Crippen LogP contribution in [-0.2, 0) is 21.7 Å². The Morgan fingerprint density at radius 1 is 0.597 bits per heavy atom. The highest BCUT2D eigenvalue weighted by Gasteiger charge is 2.49. The molecule has 3 aliphatic heterocycles. The monoisotopic (exact) mass is 881 g/mol. The lowest BCUT2D eigenvalue weighted by Crippen LogP contribution is -2.64. The molecule has 0 saturated carbocycles. The number of aliphatic imine (C=N–C) groups is 1. The zero-order valence-corrected chi connectivity index (χ0v) is 40.9. The van der Waals surface area contributed by atoms with E-state index in [1.807, 2.05) is 24.4 Å². The highest BCUT2D eigenvalue weighted by atomic mass is 16.5. The van der Waals surface area contributed by atoms with E-state index in [2.05, 4.69) is 208 Å². The lowest BCUT2D eigenvalue weighted by atomic mass is 9.48. The van der Waals surface area contributed by atoms with Gasteiger partial charge in [-0.1, -0.05) is 168 Å². The number of aromatic hydroxyl groups is 1. The van der Waals surface area contributed by atoms with Gasteiger partial charge in [0, 0.05) is 22.9 Å². The SMILES string of the molecule is CC(C)(C)c1ccc(-n2c(-c3cc(C(C)(C)C)cc(C(C)(C)C)c3O)nc3c2OC2=CC=CC4=Nc5c(cc(-c6cc(-c7ccccc7)ccn6)cc5C(C)(C)C)B3N24)c(-c2ccccc2)c1. The van der Waals surface area contributed by atoms with Crippen molar-refractivity contribution in [2.24, 2.45) is 4.99 Å². The predicted molar refractivity (Wildman–Crippen MR) is 278 cm³/mol. The number of phenols is 1. The second-order valence-electron chi connectivity index (χ2n) is 22.4. The Balaban J connectivity index is 1.31. The number of benzene rings is 5. The zero-order chi connectivity index (χ0) is 47.4. The van der Waals surface area contributed by atoms with Crippen LogP contribution in [0.1, 0.15) is 105 Å². The highest BCUT2D eigenvalue weighted by Crippen LogP contribution is 2.47. The molecule has 0 bridgehead atoms. The number of ether oxygens (including phenoxy) is 1. The molecule has 3 aliphatic rings. The van der Waals surface area contributed by atoms with Gasteiger partial charge in [-0.05, 0) is 109 Å². The van der Waals surface area contributed by atoms with Crippen molar-refractivity contribution in [1.82, 2.24) is 19.3 Å². The Labute approximate surface area is 396 Å². The molecule has 67 heavy (non-hydrogen) atoms. The van der Waals surface area contributed by atoms with Gasteiger partial charge in [0.1, 0.15) is 17.2 Å². The minimum Gasteiger partial charge on any atom is -0.507 e. The van der Waals surface area contributed by atoms with Crippen LogP contribution in [0.15, 0.2) is 151 Å². The van der Waals surface area contributed by atoms with Crippen LogP contribution < -0.4 is 15.8 Å². The molecular weight excluding hydrogens is 821 g/mol. The van der Waals surface area contributed by atoms with E-state index in [1.54, 1.807) is 0 Å². The second kappa shape index (κ2) is 15.6. The molecule has 0 saturated heterocycles. The van der Waals surface area contributed by atoms with Gasteiger partial charge in [0.15, 0.2) is 11.7 Å². The maximum Gasteiger partial charge on any atom is 0.361 e. The number of aromatic nitrogens is 3. The Bertz CT molecular complexity index is 3210. The van der Waals surface area contributed by atoms with Crippen molar-refractivity contribution in [3.8, 4) is 62.2 Å². The Kier molecular flexibility index (Phi) is 10.2. The molecule has 336 valence electrons. The molecule has 0 unspecified atom stereocenters. The van der Waals surface area contributed by atoms with Crippen molar-refractivity contribution in [2.75, 3.05) is 0 Å². The molecule has 0 amide bonds. The van der Waals surface area contributed by atoms with Gasteiger partial charge in [-0.2, -0.15) is 0 Å². The Morgan fingerprint density at radius 3 is 1.91 bits per heavy atom. The van der Waals surface area contributed by atoms with Crippen LogP contribution in [0.2, 0.25) is 0 Å². The highest BCUT2D eigenvalue weighted by molar-refractivity contribution is 6.87. The lowest BCUT2D eigenvalue weighted by molar-refractivity contribution is 0.328. The van der Waals surface area contributed by atoms with Crippen molar-refractivity contribution in [1.29, 1.82) is 0 Å². The van der Waals surface area contributed by atoms with E-state index in [0.29, 0.717) is 23.2 Å². The third kappa shape index (κ3) is 7.70. The summed E-state index contributed by atoms with van der Waals surface area (Å²) in [7, 11) is 0. The van der Waals surface area contributed by atoms with Gasteiger partial charge in [0.05, 0.1) is 22.6 Å². The number of hydrogen-bond donors (Lipinski definition) is 1. The van der Waals surface area contributed by atoms with Crippen LogP contribution in [0, 0.1) is 0 Å². The third-order valence-corrected chi connectivity index (χ3v) is 13.4. The number of amidine groups is 1. The summed E-state index contributed by atoms with van der Waals surface area (Å²) in [6.45, 7) is 26.2. The molecule has 10 rings (SSSR count). The molecule has 7 nitrogen and oxygen atoms in total. The number of fused-ring (bicyclic) bond motifs is 4. The van der Waals surface area contributed by atoms with Crippen LogP contribution in [0.25, 0.3) is 50.6 Å². The molecule has 5 aromatic carbocycles. The Morgan fingerprint density at radius 2 is 1.25 bits per heavy atom. The average molecular weight is 882 g/mol. The van der Waals surface area contributed by atoms with E-state index >= 15 is 0 Å². The maximum atomic E-state index is 12.7. The molecule has 7 aromatic rings. The molecule has 2 aromatic heterocycles. The molecular formula is C59H60BN5O2. The number of allylic oxidation sites excluding steroid dienone is 2. The fraction of sp³-hybridized carbons (Fsp3) is 0.271. The summed E-state index contributed by atoms with van der Waals surface area (Å²) < 4.78 is 9.40. The third-order valence-electron chi connectivity index (χ3n) is 13.4. The summed E-state index contributed by atoms with van der Waals surface area (Å²) in [5, 5.41) is 12.7. The summed E-state index contributed by atoms with van der Waals surface area (Å²) in [6, 6.07) is 40.8. The molecule has 0 radical (unpaired) electrons. The Hall–Kier alpha value is -6.93. The van der Waals surface area contributed by atoms with Gasteiger partial charge in [-0.3, -0.25) is 9.55 Å². The smallest absolute Gasteiger partial charge is 0.361 e. The van der Waals surface area contributed by atoms with Crippen LogP contribution in [0.5, 0.6) is 11.6 Å². The van der Waals surface area contributed by atoms with Crippen molar-refractivity contribution in [3.63, 3.8) is 0 Å². The largest absolute Gasteiger partial charge is 0.507 e. The first kappa shape index (κ1) is 43.9. The molecule has 0 spiro atoms. The van der Waals surface area contributed by atoms with Gasteiger partial charge >= 0.3 is 6.85 Å². The van der Waals surface area contributed by atoms with Gasteiger partial charge in [0.25, 0.3) is 0 Å². The van der Waals surface area contributed by atoms with Crippen molar-refractivity contribution < 1.29 is 9.84 Å². The summed E-state index contributed by atoms with van der Waals surface area (Å²) in [5.41, 5.74) is 13.7. The van der Waals surface area contributed by atoms with Gasteiger partial charge < -0.3 is 14.7 Å².